The molecular formula is C19H23Cl2NO2. The molecule has 0 saturated carbocycles. The van der Waals surface area contributed by atoms with Gasteiger partial charge in [-0.25, -0.2) is 0 Å². The summed E-state index contributed by atoms with van der Waals surface area (Å²) in [7, 11) is 1.69. The molecule has 0 saturated heterocycles. The highest BCUT2D eigenvalue weighted by molar-refractivity contribution is 6.35. The zero-order valence-electron chi connectivity index (χ0n) is 14.1. The fourth-order valence-electron chi connectivity index (χ4n) is 2.47. The van der Waals surface area contributed by atoms with E-state index >= 15 is 0 Å². The van der Waals surface area contributed by atoms with Crippen molar-refractivity contribution in [2.24, 2.45) is 0 Å². The molecule has 0 amide bonds. The normalized spacial score (nSPS) is 10.7. The van der Waals surface area contributed by atoms with Gasteiger partial charge in [0.05, 0.1) is 18.7 Å². The van der Waals surface area contributed by atoms with E-state index in [1.54, 1.807) is 13.2 Å². The van der Waals surface area contributed by atoms with Crippen LogP contribution in [0.4, 0.5) is 0 Å². The molecule has 0 bridgehead atoms. The van der Waals surface area contributed by atoms with Gasteiger partial charge in [0.25, 0.3) is 0 Å². The third-order valence-corrected chi connectivity index (χ3v) is 4.11. The maximum Gasteiger partial charge on any atom is 0.142 e. The molecule has 0 aliphatic heterocycles. The lowest BCUT2D eigenvalue weighted by molar-refractivity contribution is 0.313. The number of hydrogen-bond acceptors (Lipinski definition) is 3. The van der Waals surface area contributed by atoms with Crippen LogP contribution in [0.2, 0.25) is 10.0 Å². The molecule has 0 fully saturated rings. The molecular weight excluding hydrogens is 345 g/mol. The van der Waals surface area contributed by atoms with E-state index in [4.69, 9.17) is 32.7 Å². The van der Waals surface area contributed by atoms with E-state index in [0.717, 1.165) is 30.7 Å². The predicted molar refractivity (Wildman–Crippen MR) is 101 cm³/mol. The molecule has 2 aromatic rings. The monoisotopic (exact) mass is 367 g/mol. The first-order valence-electron chi connectivity index (χ1n) is 8.09. The molecule has 5 heteroatoms. The number of benzene rings is 2. The van der Waals surface area contributed by atoms with Crippen LogP contribution in [-0.2, 0) is 13.0 Å². The summed E-state index contributed by atoms with van der Waals surface area (Å²) in [6.45, 7) is 4.16. The number of para-hydroxylation sites is 1. The Bertz CT molecular complexity index is 662. The summed E-state index contributed by atoms with van der Waals surface area (Å²) >= 11 is 12.4. The van der Waals surface area contributed by atoms with Crippen LogP contribution in [0.1, 0.15) is 24.5 Å². The molecule has 0 spiro atoms. The van der Waals surface area contributed by atoms with Crippen molar-refractivity contribution >= 4 is 23.2 Å². The van der Waals surface area contributed by atoms with Gasteiger partial charge in [0.15, 0.2) is 0 Å². The smallest absolute Gasteiger partial charge is 0.142 e. The van der Waals surface area contributed by atoms with E-state index in [1.165, 1.54) is 5.56 Å². The highest BCUT2D eigenvalue weighted by Crippen LogP contribution is 2.32. The van der Waals surface area contributed by atoms with E-state index in [2.05, 4.69) is 18.3 Å². The van der Waals surface area contributed by atoms with Gasteiger partial charge < -0.3 is 14.8 Å². The zero-order valence-corrected chi connectivity index (χ0v) is 15.6. The van der Waals surface area contributed by atoms with E-state index in [1.807, 2.05) is 24.3 Å². The minimum Gasteiger partial charge on any atom is -0.496 e. The molecule has 130 valence electrons. The minimum absolute atomic E-state index is 0.553. The van der Waals surface area contributed by atoms with Crippen molar-refractivity contribution in [2.75, 3.05) is 20.3 Å². The van der Waals surface area contributed by atoms with Gasteiger partial charge in [-0.3, -0.25) is 0 Å². The van der Waals surface area contributed by atoms with Gasteiger partial charge in [0.2, 0.25) is 0 Å². The van der Waals surface area contributed by atoms with Crippen LogP contribution in [0.25, 0.3) is 0 Å². The van der Waals surface area contributed by atoms with Gasteiger partial charge in [-0.15, -0.1) is 0 Å². The van der Waals surface area contributed by atoms with E-state index in [9.17, 15) is 0 Å². The standard InChI is InChI=1S/C19H23Cl2NO2/c1-3-10-24-19-15(11-16(20)12-17(19)21)13-22-9-8-14-6-4-5-7-18(14)23-2/h4-7,11-12,22H,3,8-10,13H2,1-2H3. The van der Waals surface area contributed by atoms with Crippen LogP contribution in [0.15, 0.2) is 36.4 Å². The molecule has 0 unspecified atom stereocenters. The first kappa shape index (κ1) is 18.9. The molecule has 0 atom stereocenters. The van der Waals surface area contributed by atoms with Crippen molar-refractivity contribution < 1.29 is 9.47 Å². The van der Waals surface area contributed by atoms with Gasteiger partial charge in [-0.05, 0) is 43.1 Å². The average Bonchev–Trinajstić information content (AvgIpc) is 2.58. The summed E-state index contributed by atoms with van der Waals surface area (Å²) in [6, 6.07) is 11.7. The largest absolute Gasteiger partial charge is 0.496 e. The summed E-state index contributed by atoms with van der Waals surface area (Å²) in [4.78, 5) is 0. The number of methoxy groups -OCH3 is 1. The number of hydrogen-bond donors (Lipinski definition) is 1. The van der Waals surface area contributed by atoms with E-state index in [0.29, 0.717) is 28.9 Å². The van der Waals surface area contributed by atoms with Crippen molar-refractivity contribution in [2.45, 2.75) is 26.3 Å². The third kappa shape index (κ3) is 5.30. The van der Waals surface area contributed by atoms with Crippen molar-refractivity contribution in [1.29, 1.82) is 0 Å². The Labute approximate surface area is 153 Å². The Morgan fingerprint density at radius 2 is 1.88 bits per heavy atom. The Morgan fingerprint density at radius 3 is 2.62 bits per heavy atom. The molecule has 24 heavy (non-hydrogen) atoms. The topological polar surface area (TPSA) is 30.5 Å². The summed E-state index contributed by atoms with van der Waals surface area (Å²) < 4.78 is 11.1. The second-order valence-corrected chi connectivity index (χ2v) is 6.31. The van der Waals surface area contributed by atoms with Crippen molar-refractivity contribution in [3.63, 3.8) is 0 Å². The summed E-state index contributed by atoms with van der Waals surface area (Å²) in [5.41, 5.74) is 2.15. The fraction of sp³-hybridized carbons (Fsp3) is 0.368. The first-order chi connectivity index (χ1) is 11.7. The minimum atomic E-state index is 0.553. The van der Waals surface area contributed by atoms with E-state index < -0.39 is 0 Å². The van der Waals surface area contributed by atoms with Crippen LogP contribution in [0.3, 0.4) is 0 Å². The Hall–Kier alpha value is -1.42. The molecule has 2 rings (SSSR count). The van der Waals surface area contributed by atoms with Gasteiger partial charge in [-0.1, -0.05) is 48.3 Å². The van der Waals surface area contributed by atoms with Gasteiger partial charge >= 0.3 is 0 Å². The Balaban J connectivity index is 1.96. The summed E-state index contributed by atoms with van der Waals surface area (Å²) in [6.07, 6.45) is 1.81. The number of halogens is 2. The lowest BCUT2D eigenvalue weighted by Crippen LogP contribution is -2.18. The quantitative estimate of drug-likeness (QED) is 0.623. The SMILES string of the molecule is CCCOc1c(Cl)cc(Cl)cc1CNCCc1ccccc1OC. The van der Waals surface area contributed by atoms with Crippen molar-refractivity contribution in [3.05, 3.63) is 57.6 Å². The van der Waals surface area contributed by atoms with Crippen molar-refractivity contribution in [3.8, 4) is 11.5 Å². The Morgan fingerprint density at radius 1 is 1.08 bits per heavy atom. The number of rotatable bonds is 9. The molecule has 0 aliphatic rings. The first-order valence-corrected chi connectivity index (χ1v) is 8.84. The molecule has 0 heterocycles. The summed E-state index contributed by atoms with van der Waals surface area (Å²) in [5, 5.41) is 4.59. The average molecular weight is 368 g/mol. The van der Waals surface area contributed by atoms with Crippen LogP contribution in [-0.4, -0.2) is 20.3 Å². The van der Waals surface area contributed by atoms with E-state index in [-0.39, 0.29) is 0 Å². The molecule has 1 N–H and O–H groups in total. The molecule has 0 aromatic heterocycles. The molecule has 0 radical (unpaired) electrons. The fourth-order valence-corrected chi connectivity index (χ4v) is 3.06. The lowest BCUT2D eigenvalue weighted by Gasteiger charge is -2.14. The van der Waals surface area contributed by atoms with Crippen LogP contribution < -0.4 is 14.8 Å². The third-order valence-electron chi connectivity index (χ3n) is 3.61. The molecule has 0 aliphatic carbocycles. The maximum absolute atomic E-state index is 6.26. The van der Waals surface area contributed by atoms with Crippen LogP contribution in [0, 0.1) is 0 Å². The van der Waals surface area contributed by atoms with Crippen LogP contribution >= 0.6 is 23.2 Å². The maximum atomic E-state index is 6.26. The van der Waals surface area contributed by atoms with Crippen molar-refractivity contribution in [1.82, 2.24) is 5.32 Å². The second kappa shape index (κ2) is 9.77. The number of nitrogens with one attached hydrogen (secondary N) is 1. The summed E-state index contributed by atoms with van der Waals surface area (Å²) in [5.74, 6) is 1.63. The highest BCUT2D eigenvalue weighted by Gasteiger charge is 2.11. The highest BCUT2D eigenvalue weighted by atomic mass is 35.5. The lowest BCUT2D eigenvalue weighted by atomic mass is 10.1. The molecule has 2 aromatic carbocycles. The van der Waals surface area contributed by atoms with Gasteiger partial charge in [-0.2, -0.15) is 0 Å². The zero-order chi connectivity index (χ0) is 17.4. The van der Waals surface area contributed by atoms with Gasteiger partial charge in [0.1, 0.15) is 11.5 Å². The number of ether oxygens (including phenoxy) is 2. The van der Waals surface area contributed by atoms with Crippen LogP contribution in [0.5, 0.6) is 11.5 Å². The van der Waals surface area contributed by atoms with Gasteiger partial charge in [0, 0.05) is 17.1 Å². The Kier molecular flexibility index (Phi) is 7.70. The predicted octanol–water partition coefficient (Wildman–Crippen LogP) is 5.12. The molecule has 3 nitrogen and oxygen atoms in total. The second-order valence-electron chi connectivity index (χ2n) is 5.46.